The zero-order valence-corrected chi connectivity index (χ0v) is 14.4. The molecule has 0 bridgehead atoms. The van der Waals surface area contributed by atoms with E-state index in [0.717, 1.165) is 26.7 Å². The Balaban J connectivity index is 2.26. The molecule has 0 fully saturated rings. The molecule has 20 heavy (non-hydrogen) atoms. The van der Waals surface area contributed by atoms with E-state index in [1.165, 1.54) is 0 Å². The molecule has 0 aliphatic heterocycles. The lowest BCUT2D eigenvalue weighted by atomic mass is 10.0. The van der Waals surface area contributed by atoms with E-state index >= 15 is 0 Å². The molecule has 2 N–H and O–H groups in total. The topological polar surface area (TPSA) is 35.2 Å². The van der Waals surface area contributed by atoms with Crippen LogP contribution in [0.5, 0.6) is 5.75 Å². The van der Waals surface area contributed by atoms with Crippen molar-refractivity contribution in [3.8, 4) is 5.75 Å². The van der Waals surface area contributed by atoms with Gasteiger partial charge in [-0.2, -0.15) is 0 Å². The summed E-state index contributed by atoms with van der Waals surface area (Å²) >= 11 is 6.90. The first kappa shape index (κ1) is 15.5. The molecule has 2 atom stereocenters. The van der Waals surface area contributed by atoms with E-state index in [2.05, 4.69) is 38.8 Å². The van der Waals surface area contributed by atoms with Gasteiger partial charge in [-0.05, 0) is 42.3 Å². The van der Waals surface area contributed by atoms with Crippen molar-refractivity contribution in [1.82, 2.24) is 0 Å². The first-order chi connectivity index (χ1) is 9.60. The van der Waals surface area contributed by atoms with Gasteiger partial charge in [0, 0.05) is 15.0 Å². The first-order valence-corrected chi connectivity index (χ1v) is 8.12. The van der Waals surface area contributed by atoms with Gasteiger partial charge in [-0.15, -0.1) is 0 Å². The normalized spacial score (nSPS) is 13.8. The third-order valence-corrected chi connectivity index (χ3v) is 4.14. The first-order valence-electron chi connectivity index (χ1n) is 6.53. The molecule has 0 amide bonds. The Hall–Kier alpha value is -0.840. The molecule has 0 radical (unpaired) electrons. The second-order valence-electron chi connectivity index (χ2n) is 4.62. The average Bonchev–Trinajstić information content (AvgIpc) is 2.45. The van der Waals surface area contributed by atoms with Gasteiger partial charge in [0.25, 0.3) is 0 Å². The lowest BCUT2D eigenvalue weighted by Gasteiger charge is -2.25. The van der Waals surface area contributed by atoms with Crippen LogP contribution in [-0.4, -0.2) is 6.04 Å². The van der Waals surface area contributed by atoms with Gasteiger partial charge < -0.3 is 10.5 Å². The SMILES string of the molecule is CCC(N)C(Oc1cccc(Br)c1)c1ccc(Br)cc1. The highest BCUT2D eigenvalue weighted by molar-refractivity contribution is 9.10. The second kappa shape index (κ2) is 7.25. The lowest BCUT2D eigenvalue weighted by Crippen LogP contribution is -2.31. The van der Waals surface area contributed by atoms with Crippen molar-refractivity contribution in [3.63, 3.8) is 0 Å². The summed E-state index contributed by atoms with van der Waals surface area (Å²) in [5, 5.41) is 0. The van der Waals surface area contributed by atoms with Crippen molar-refractivity contribution in [2.45, 2.75) is 25.5 Å². The van der Waals surface area contributed by atoms with Gasteiger partial charge in [-0.1, -0.05) is 57.0 Å². The highest BCUT2D eigenvalue weighted by Crippen LogP contribution is 2.28. The number of nitrogens with two attached hydrogens (primary N) is 1. The monoisotopic (exact) mass is 397 g/mol. The molecule has 0 saturated carbocycles. The fourth-order valence-electron chi connectivity index (χ4n) is 1.96. The van der Waals surface area contributed by atoms with E-state index in [9.17, 15) is 0 Å². The second-order valence-corrected chi connectivity index (χ2v) is 6.45. The molecule has 2 nitrogen and oxygen atoms in total. The molecule has 2 rings (SSSR count). The van der Waals surface area contributed by atoms with Crippen molar-refractivity contribution in [2.75, 3.05) is 0 Å². The Bertz CT molecular complexity index is 557. The molecule has 0 aromatic heterocycles. The lowest BCUT2D eigenvalue weighted by molar-refractivity contribution is 0.171. The minimum Gasteiger partial charge on any atom is -0.484 e. The quantitative estimate of drug-likeness (QED) is 0.762. The maximum Gasteiger partial charge on any atom is 0.139 e. The van der Waals surface area contributed by atoms with Crippen molar-refractivity contribution in [2.24, 2.45) is 5.73 Å². The van der Waals surface area contributed by atoms with Crippen LogP contribution in [0.4, 0.5) is 0 Å². The fraction of sp³-hybridized carbons (Fsp3) is 0.250. The zero-order chi connectivity index (χ0) is 14.5. The molecule has 2 aromatic carbocycles. The molecule has 0 saturated heterocycles. The number of halogens is 2. The minimum atomic E-state index is -0.151. The van der Waals surface area contributed by atoms with Crippen LogP contribution in [0.3, 0.4) is 0 Å². The van der Waals surface area contributed by atoms with E-state index in [4.69, 9.17) is 10.5 Å². The number of benzene rings is 2. The van der Waals surface area contributed by atoms with Crippen LogP contribution < -0.4 is 10.5 Å². The van der Waals surface area contributed by atoms with Crippen LogP contribution >= 0.6 is 31.9 Å². The molecule has 0 spiro atoms. The highest BCUT2D eigenvalue weighted by Gasteiger charge is 2.20. The smallest absolute Gasteiger partial charge is 0.139 e. The van der Waals surface area contributed by atoms with Gasteiger partial charge in [0.15, 0.2) is 0 Å². The predicted molar refractivity (Wildman–Crippen MR) is 89.9 cm³/mol. The number of rotatable bonds is 5. The summed E-state index contributed by atoms with van der Waals surface area (Å²) in [7, 11) is 0. The van der Waals surface area contributed by atoms with Crippen LogP contribution in [0.25, 0.3) is 0 Å². The van der Waals surface area contributed by atoms with Crippen LogP contribution in [-0.2, 0) is 0 Å². The third-order valence-electron chi connectivity index (χ3n) is 3.12. The average molecular weight is 399 g/mol. The largest absolute Gasteiger partial charge is 0.484 e. The van der Waals surface area contributed by atoms with Crippen LogP contribution in [0, 0.1) is 0 Å². The van der Waals surface area contributed by atoms with E-state index in [1.54, 1.807) is 0 Å². The van der Waals surface area contributed by atoms with Crippen molar-refractivity contribution >= 4 is 31.9 Å². The van der Waals surface area contributed by atoms with Gasteiger partial charge in [-0.3, -0.25) is 0 Å². The van der Waals surface area contributed by atoms with E-state index in [0.29, 0.717) is 0 Å². The third kappa shape index (κ3) is 4.08. The Kier molecular flexibility index (Phi) is 5.64. The molecule has 106 valence electrons. The van der Waals surface area contributed by atoms with E-state index in [1.807, 2.05) is 48.5 Å². The number of hydrogen-bond acceptors (Lipinski definition) is 2. The summed E-state index contributed by atoms with van der Waals surface area (Å²) in [6.45, 7) is 2.07. The summed E-state index contributed by atoms with van der Waals surface area (Å²) in [4.78, 5) is 0. The number of hydrogen-bond donors (Lipinski definition) is 1. The maximum absolute atomic E-state index is 6.22. The van der Waals surface area contributed by atoms with Crippen LogP contribution in [0.1, 0.15) is 25.0 Å². The predicted octanol–water partition coefficient (Wildman–Crippen LogP) is 5.07. The zero-order valence-electron chi connectivity index (χ0n) is 11.2. The van der Waals surface area contributed by atoms with Gasteiger partial charge in [0.05, 0.1) is 0 Å². The Morgan fingerprint density at radius 1 is 1.05 bits per heavy atom. The van der Waals surface area contributed by atoms with Crippen LogP contribution in [0.15, 0.2) is 57.5 Å². The van der Waals surface area contributed by atoms with Crippen molar-refractivity contribution in [3.05, 3.63) is 63.0 Å². The molecule has 0 aliphatic rings. The minimum absolute atomic E-state index is 0.0462. The maximum atomic E-state index is 6.22. The fourth-order valence-corrected chi connectivity index (χ4v) is 2.60. The highest BCUT2D eigenvalue weighted by atomic mass is 79.9. The summed E-state index contributed by atoms with van der Waals surface area (Å²) in [5.41, 5.74) is 7.31. The van der Waals surface area contributed by atoms with Gasteiger partial charge in [0.1, 0.15) is 11.9 Å². The summed E-state index contributed by atoms with van der Waals surface area (Å²) in [5.74, 6) is 0.816. The van der Waals surface area contributed by atoms with Crippen LogP contribution in [0.2, 0.25) is 0 Å². The molecule has 0 heterocycles. The summed E-state index contributed by atoms with van der Waals surface area (Å²) in [6, 6.07) is 15.9. The van der Waals surface area contributed by atoms with Crippen molar-refractivity contribution < 1.29 is 4.74 Å². The molecular weight excluding hydrogens is 382 g/mol. The molecule has 2 unspecified atom stereocenters. The standard InChI is InChI=1S/C16H17Br2NO/c1-2-15(19)16(11-6-8-12(17)9-7-11)20-14-5-3-4-13(18)10-14/h3-10,15-16H,2,19H2,1H3. The molecule has 2 aromatic rings. The number of ether oxygens (including phenoxy) is 1. The molecular formula is C16H17Br2NO. The van der Waals surface area contributed by atoms with E-state index < -0.39 is 0 Å². The molecule has 0 aliphatic carbocycles. The molecule has 4 heteroatoms. The van der Waals surface area contributed by atoms with Gasteiger partial charge >= 0.3 is 0 Å². The summed E-state index contributed by atoms with van der Waals surface area (Å²) in [6.07, 6.45) is 0.705. The Morgan fingerprint density at radius 3 is 2.35 bits per heavy atom. The van der Waals surface area contributed by atoms with E-state index in [-0.39, 0.29) is 12.1 Å². The van der Waals surface area contributed by atoms with Gasteiger partial charge in [0.2, 0.25) is 0 Å². The Labute approximate surface area is 136 Å². The van der Waals surface area contributed by atoms with Crippen molar-refractivity contribution in [1.29, 1.82) is 0 Å². The Morgan fingerprint density at radius 2 is 1.75 bits per heavy atom. The summed E-state index contributed by atoms with van der Waals surface area (Å²) < 4.78 is 8.15. The van der Waals surface area contributed by atoms with Gasteiger partial charge in [-0.25, -0.2) is 0 Å².